The minimum absolute atomic E-state index is 0.240. The molecule has 1 saturated carbocycles. The summed E-state index contributed by atoms with van der Waals surface area (Å²) < 4.78 is 5.50. The van der Waals surface area contributed by atoms with Crippen LogP contribution in [0.1, 0.15) is 51.0 Å². The fraction of sp³-hybridized carbons (Fsp3) is 0.625. The van der Waals surface area contributed by atoms with Gasteiger partial charge in [-0.3, -0.25) is 0 Å². The fourth-order valence-electron chi connectivity index (χ4n) is 3.20. The molecule has 0 spiro atoms. The standard InChI is InChI=1S/C16H26OSi/c1-3-17-15-9-5-13(6-10-15)14-7-11-16(12-8-14)18-4-2/h5-6,9-10,14,16H,3-4,7-8,11-12,18H2,1-2H3. The molecule has 1 aromatic rings. The van der Waals surface area contributed by atoms with Crippen LogP contribution in [0.2, 0.25) is 11.6 Å². The van der Waals surface area contributed by atoms with Crippen molar-refractivity contribution in [2.24, 2.45) is 0 Å². The molecule has 1 aliphatic rings. The Bertz CT molecular complexity index is 339. The van der Waals surface area contributed by atoms with Gasteiger partial charge in [-0.1, -0.05) is 43.5 Å². The Hall–Kier alpha value is -0.763. The summed E-state index contributed by atoms with van der Waals surface area (Å²) in [5.41, 5.74) is 2.66. The molecule has 2 rings (SSSR count). The molecule has 0 radical (unpaired) electrons. The minimum Gasteiger partial charge on any atom is -0.494 e. The van der Waals surface area contributed by atoms with Crippen molar-refractivity contribution in [3.8, 4) is 5.75 Å². The third kappa shape index (κ3) is 3.61. The second kappa shape index (κ2) is 6.98. The zero-order valence-corrected chi connectivity index (χ0v) is 13.2. The van der Waals surface area contributed by atoms with Crippen LogP contribution in [-0.4, -0.2) is 16.1 Å². The summed E-state index contributed by atoms with van der Waals surface area (Å²) in [6.45, 7) is 5.16. The highest BCUT2D eigenvalue weighted by molar-refractivity contribution is 6.37. The molecule has 0 atom stereocenters. The lowest BCUT2D eigenvalue weighted by atomic mass is 9.84. The summed E-state index contributed by atoms with van der Waals surface area (Å²) >= 11 is 0. The second-order valence-electron chi connectivity index (χ2n) is 5.51. The number of hydrogen-bond donors (Lipinski definition) is 0. The molecule has 100 valence electrons. The number of rotatable bonds is 5. The number of benzene rings is 1. The molecule has 0 unspecified atom stereocenters. The average Bonchev–Trinajstić information content (AvgIpc) is 2.41. The molecule has 1 aromatic carbocycles. The van der Waals surface area contributed by atoms with Crippen LogP contribution >= 0.6 is 0 Å². The molecule has 0 heterocycles. The zero-order valence-electron chi connectivity index (χ0n) is 11.8. The monoisotopic (exact) mass is 262 g/mol. The second-order valence-corrected chi connectivity index (χ2v) is 8.24. The Morgan fingerprint density at radius 1 is 1.06 bits per heavy atom. The van der Waals surface area contributed by atoms with Crippen LogP contribution in [0, 0.1) is 0 Å². The Morgan fingerprint density at radius 2 is 1.72 bits per heavy atom. The van der Waals surface area contributed by atoms with Gasteiger partial charge in [0, 0.05) is 9.52 Å². The molecule has 2 heteroatoms. The van der Waals surface area contributed by atoms with Gasteiger partial charge >= 0.3 is 0 Å². The normalized spacial score (nSPS) is 24.6. The molecular weight excluding hydrogens is 236 g/mol. The molecule has 0 amide bonds. The maximum atomic E-state index is 5.50. The lowest BCUT2D eigenvalue weighted by Crippen LogP contribution is -2.13. The van der Waals surface area contributed by atoms with Gasteiger partial charge in [0.05, 0.1) is 6.61 Å². The van der Waals surface area contributed by atoms with Crippen molar-refractivity contribution in [1.82, 2.24) is 0 Å². The predicted octanol–water partition coefficient (Wildman–Crippen LogP) is 4.14. The Morgan fingerprint density at radius 3 is 2.28 bits per heavy atom. The smallest absolute Gasteiger partial charge is 0.119 e. The van der Waals surface area contributed by atoms with Crippen LogP contribution < -0.4 is 4.74 Å². The lowest BCUT2D eigenvalue weighted by molar-refractivity contribution is 0.340. The first-order chi connectivity index (χ1) is 8.83. The van der Waals surface area contributed by atoms with E-state index in [1.807, 2.05) is 6.92 Å². The van der Waals surface area contributed by atoms with Gasteiger partial charge in [-0.2, -0.15) is 0 Å². The summed E-state index contributed by atoms with van der Waals surface area (Å²) in [6.07, 6.45) is 5.78. The van der Waals surface area contributed by atoms with Crippen molar-refractivity contribution in [1.29, 1.82) is 0 Å². The highest BCUT2D eigenvalue weighted by atomic mass is 28.2. The van der Waals surface area contributed by atoms with Gasteiger partial charge in [0.1, 0.15) is 5.75 Å². The van der Waals surface area contributed by atoms with Crippen molar-refractivity contribution >= 4 is 9.52 Å². The molecule has 18 heavy (non-hydrogen) atoms. The van der Waals surface area contributed by atoms with Gasteiger partial charge in [0.15, 0.2) is 0 Å². The van der Waals surface area contributed by atoms with Crippen molar-refractivity contribution < 1.29 is 4.74 Å². The summed E-state index contributed by atoms with van der Waals surface area (Å²) in [7, 11) is 0.240. The van der Waals surface area contributed by atoms with E-state index < -0.39 is 0 Å². The van der Waals surface area contributed by atoms with Gasteiger partial charge in [-0.25, -0.2) is 0 Å². The van der Waals surface area contributed by atoms with E-state index in [0.29, 0.717) is 0 Å². The van der Waals surface area contributed by atoms with Crippen molar-refractivity contribution in [3.63, 3.8) is 0 Å². The zero-order chi connectivity index (χ0) is 12.8. The Balaban J connectivity index is 1.89. The number of ether oxygens (including phenoxy) is 1. The molecule has 1 nitrogen and oxygen atoms in total. The maximum absolute atomic E-state index is 5.50. The highest BCUT2D eigenvalue weighted by Crippen LogP contribution is 2.38. The molecule has 0 N–H and O–H groups in total. The van der Waals surface area contributed by atoms with E-state index in [0.717, 1.165) is 23.8 Å². The van der Waals surface area contributed by atoms with E-state index in [9.17, 15) is 0 Å². The summed E-state index contributed by atoms with van der Waals surface area (Å²) in [5.74, 6) is 1.82. The van der Waals surface area contributed by atoms with E-state index in [4.69, 9.17) is 4.74 Å². The van der Waals surface area contributed by atoms with Crippen molar-refractivity contribution in [2.75, 3.05) is 6.61 Å². The Kier molecular flexibility index (Phi) is 5.30. The Labute approximate surface area is 114 Å². The van der Waals surface area contributed by atoms with Crippen LogP contribution in [-0.2, 0) is 0 Å². The number of hydrogen-bond acceptors (Lipinski definition) is 1. The lowest BCUT2D eigenvalue weighted by Gasteiger charge is -2.28. The fourth-order valence-corrected chi connectivity index (χ4v) is 5.06. The van der Waals surface area contributed by atoms with Crippen LogP contribution in [0.15, 0.2) is 24.3 Å². The van der Waals surface area contributed by atoms with Crippen molar-refractivity contribution in [3.05, 3.63) is 29.8 Å². The van der Waals surface area contributed by atoms with Crippen LogP contribution in [0.4, 0.5) is 0 Å². The minimum atomic E-state index is 0.240. The topological polar surface area (TPSA) is 9.23 Å². The van der Waals surface area contributed by atoms with Crippen molar-refractivity contribution in [2.45, 2.75) is 57.0 Å². The third-order valence-electron chi connectivity index (χ3n) is 4.21. The first-order valence-electron chi connectivity index (χ1n) is 7.56. The van der Waals surface area contributed by atoms with E-state index >= 15 is 0 Å². The molecule has 1 fully saturated rings. The molecular formula is C16H26OSi. The van der Waals surface area contributed by atoms with E-state index in [1.165, 1.54) is 37.3 Å². The summed E-state index contributed by atoms with van der Waals surface area (Å²) in [4.78, 5) is 0. The summed E-state index contributed by atoms with van der Waals surface area (Å²) in [5, 5.41) is 0. The van der Waals surface area contributed by atoms with Gasteiger partial charge in [0.2, 0.25) is 0 Å². The van der Waals surface area contributed by atoms with Gasteiger partial charge in [-0.05, 0) is 43.4 Å². The van der Waals surface area contributed by atoms with Gasteiger partial charge in [0.25, 0.3) is 0 Å². The maximum Gasteiger partial charge on any atom is 0.119 e. The molecule has 0 saturated heterocycles. The van der Waals surface area contributed by atoms with E-state index in [1.54, 1.807) is 0 Å². The highest BCUT2D eigenvalue weighted by Gasteiger charge is 2.21. The summed E-state index contributed by atoms with van der Waals surface area (Å²) in [6, 6.07) is 10.3. The molecule has 0 aromatic heterocycles. The SMILES string of the molecule is CCOc1ccc(C2CCC([SiH2]CC)CC2)cc1. The van der Waals surface area contributed by atoms with Gasteiger partial charge in [-0.15, -0.1) is 0 Å². The van der Waals surface area contributed by atoms with Gasteiger partial charge < -0.3 is 4.74 Å². The molecule has 0 bridgehead atoms. The molecule has 0 aliphatic heterocycles. The predicted molar refractivity (Wildman–Crippen MR) is 81.6 cm³/mol. The van der Waals surface area contributed by atoms with Crippen LogP contribution in [0.5, 0.6) is 5.75 Å². The van der Waals surface area contributed by atoms with Crippen LogP contribution in [0.25, 0.3) is 0 Å². The largest absolute Gasteiger partial charge is 0.494 e. The quantitative estimate of drug-likeness (QED) is 0.725. The third-order valence-corrected chi connectivity index (χ3v) is 6.42. The first-order valence-corrected chi connectivity index (χ1v) is 9.37. The first kappa shape index (κ1) is 13.7. The average molecular weight is 262 g/mol. The van der Waals surface area contributed by atoms with Crippen LogP contribution in [0.3, 0.4) is 0 Å². The van der Waals surface area contributed by atoms with E-state index in [2.05, 4.69) is 31.2 Å². The van der Waals surface area contributed by atoms with E-state index in [-0.39, 0.29) is 9.52 Å². The molecule has 1 aliphatic carbocycles.